The van der Waals surface area contributed by atoms with Crippen molar-refractivity contribution in [2.75, 3.05) is 25.9 Å². The van der Waals surface area contributed by atoms with Gasteiger partial charge in [0.25, 0.3) is 0 Å². The Kier molecular flexibility index (Phi) is 6.27. The number of carboxylic acid groups (broad SMARTS) is 1. The molecule has 1 fully saturated rings. The fourth-order valence-electron chi connectivity index (χ4n) is 2.02. The van der Waals surface area contributed by atoms with Crippen molar-refractivity contribution in [1.29, 1.82) is 0 Å². The molecule has 1 rings (SSSR count). The lowest BCUT2D eigenvalue weighted by atomic mass is 9.99. The minimum Gasteiger partial charge on any atom is -0.481 e. The molecule has 1 saturated heterocycles. The summed E-state index contributed by atoms with van der Waals surface area (Å²) in [5.74, 6) is -1.30. The SMILES string of the molecule is CC(CCNC(=O)N1CCC[C@H](C(=O)O)C1)S(C)=O. The summed E-state index contributed by atoms with van der Waals surface area (Å²) in [5.41, 5.74) is 0. The van der Waals surface area contributed by atoms with E-state index in [-0.39, 0.29) is 17.8 Å². The van der Waals surface area contributed by atoms with E-state index in [0.717, 1.165) is 6.42 Å². The molecule has 6 nitrogen and oxygen atoms in total. The van der Waals surface area contributed by atoms with Gasteiger partial charge in [-0.15, -0.1) is 0 Å². The number of piperidine rings is 1. The van der Waals surface area contributed by atoms with Crippen LogP contribution in [0.3, 0.4) is 0 Å². The zero-order valence-corrected chi connectivity index (χ0v) is 12.2. The van der Waals surface area contributed by atoms with Gasteiger partial charge in [-0.3, -0.25) is 9.00 Å². The lowest BCUT2D eigenvalue weighted by Crippen LogP contribution is -2.47. The van der Waals surface area contributed by atoms with Crippen LogP contribution in [0.2, 0.25) is 0 Å². The molecule has 19 heavy (non-hydrogen) atoms. The minimum absolute atomic E-state index is 0.0495. The van der Waals surface area contributed by atoms with Crippen LogP contribution in [-0.4, -0.2) is 57.4 Å². The van der Waals surface area contributed by atoms with E-state index in [4.69, 9.17) is 5.11 Å². The molecule has 0 aromatic rings. The predicted octanol–water partition coefficient (Wildman–Crippen LogP) is 0.650. The number of carbonyl (C=O) groups is 2. The number of carbonyl (C=O) groups excluding carboxylic acids is 1. The van der Waals surface area contributed by atoms with Gasteiger partial charge < -0.3 is 15.3 Å². The standard InChI is InChI=1S/C12H22N2O4S/c1-9(19(2)18)5-6-13-12(17)14-7-3-4-10(8-14)11(15)16/h9-10H,3-8H2,1-2H3,(H,13,17)(H,15,16)/t9?,10-,19?/m0/s1. The van der Waals surface area contributed by atoms with Crippen LogP contribution in [0.5, 0.6) is 0 Å². The molecule has 1 aliphatic heterocycles. The van der Waals surface area contributed by atoms with Gasteiger partial charge in [0.15, 0.2) is 0 Å². The number of rotatable bonds is 5. The van der Waals surface area contributed by atoms with E-state index in [9.17, 15) is 13.8 Å². The molecule has 1 heterocycles. The number of hydrogen-bond donors (Lipinski definition) is 2. The first-order chi connectivity index (χ1) is 8.91. The molecule has 0 saturated carbocycles. The molecule has 0 bridgehead atoms. The second-order valence-corrected chi connectivity index (χ2v) is 6.76. The lowest BCUT2D eigenvalue weighted by molar-refractivity contribution is -0.143. The zero-order chi connectivity index (χ0) is 14.4. The van der Waals surface area contributed by atoms with Crippen molar-refractivity contribution >= 4 is 22.8 Å². The first-order valence-corrected chi connectivity index (χ1v) is 8.11. The third-order valence-corrected chi connectivity index (χ3v) is 4.82. The number of amides is 2. The summed E-state index contributed by atoms with van der Waals surface area (Å²) in [4.78, 5) is 24.3. The van der Waals surface area contributed by atoms with Crippen molar-refractivity contribution in [3.63, 3.8) is 0 Å². The Morgan fingerprint density at radius 3 is 2.79 bits per heavy atom. The van der Waals surface area contributed by atoms with Gasteiger partial charge in [0.2, 0.25) is 0 Å². The van der Waals surface area contributed by atoms with Gasteiger partial charge in [0.05, 0.1) is 5.92 Å². The Bertz CT molecular complexity index is 362. The Balaban J connectivity index is 2.33. The molecular formula is C12H22N2O4S. The van der Waals surface area contributed by atoms with Crippen LogP contribution in [0.4, 0.5) is 4.79 Å². The number of urea groups is 1. The van der Waals surface area contributed by atoms with Crippen molar-refractivity contribution in [3.8, 4) is 0 Å². The molecule has 110 valence electrons. The molecule has 1 aliphatic rings. The van der Waals surface area contributed by atoms with Crippen molar-refractivity contribution in [1.82, 2.24) is 10.2 Å². The number of nitrogens with one attached hydrogen (secondary N) is 1. The summed E-state index contributed by atoms with van der Waals surface area (Å²) in [6, 6.07) is -0.222. The van der Waals surface area contributed by atoms with Crippen molar-refractivity contribution in [2.45, 2.75) is 31.4 Å². The Labute approximate surface area is 116 Å². The maximum Gasteiger partial charge on any atom is 0.317 e. The number of likely N-dealkylation sites (tertiary alicyclic amines) is 1. The van der Waals surface area contributed by atoms with E-state index in [1.807, 2.05) is 6.92 Å². The first-order valence-electron chi connectivity index (χ1n) is 6.49. The maximum absolute atomic E-state index is 11.9. The molecule has 7 heteroatoms. The lowest BCUT2D eigenvalue weighted by Gasteiger charge is -2.30. The van der Waals surface area contributed by atoms with Crippen LogP contribution in [0, 0.1) is 5.92 Å². The molecule has 0 spiro atoms. The third-order valence-electron chi connectivity index (χ3n) is 3.45. The van der Waals surface area contributed by atoms with Crippen LogP contribution in [0.15, 0.2) is 0 Å². The van der Waals surface area contributed by atoms with E-state index in [1.54, 1.807) is 11.2 Å². The third kappa shape index (κ3) is 5.18. The van der Waals surface area contributed by atoms with Crippen LogP contribution in [0.1, 0.15) is 26.2 Å². The quantitative estimate of drug-likeness (QED) is 0.778. The fraction of sp³-hybridized carbons (Fsp3) is 0.833. The van der Waals surface area contributed by atoms with E-state index in [2.05, 4.69) is 5.32 Å². The summed E-state index contributed by atoms with van der Waals surface area (Å²) < 4.78 is 11.2. The number of nitrogens with zero attached hydrogens (tertiary/aromatic N) is 1. The molecule has 3 atom stereocenters. The molecule has 0 radical (unpaired) electrons. The van der Waals surface area contributed by atoms with E-state index < -0.39 is 22.7 Å². The molecule has 2 unspecified atom stereocenters. The van der Waals surface area contributed by atoms with Crippen LogP contribution < -0.4 is 5.32 Å². The highest BCUT2D eigenvalue weighted by Gasteiger charge is 2.27. The van der Waals surface area contributed by atoms with Crippen molar-refractivity contribution in [2.24, 2.45) is 5.92 Å². The van der Waals surface area contributed by atoms with E-state index in [0.29, 0.717) is 25.9 Å². The smallest absolute Gasteiger partial charge is 0.317 e. The van der Waals surface area contributed by atoms with E-state index >= 15 is 0 Å². The van der Waals surface area contributed by atoms with Crippen molar-refractivity contribution in [3.05, 3.63) is 0 Å². The van der Waals surface area contributed by atoms with Gasteiger partial charge >= 0.3 is 12.0 Å². The van der Waals surface area contributed by atoms with E-state index in [1.165, 1.54) is 0 Å². The minimum atomic E-state index is -0.884. The van der Waals surface area contributed by atoms with Crippen LogP contribution in [0.25, 0.3) is 0 Å². The summed E-state index contributed by atoms with van der Waals surface area (Å²) in [6.07, 6.45) is 3.66. The summed E-state index contributed by atoms with van der Waals surface area (Å²) >= 11 is 0. The molecule has 0 aromatic carbocycles. The molecule has 0 aliphatic carbocycles. The highest BCUT2D eigenvalue weighted by atomic mass is 32.2. The summed E-state index contributed by atoms with van der Waals surface area (Å²) in [6.45, 7) is 3.22. The van der Waals surface area contributed by atoms with Gasteiger partial charge in [-0.05, 0) is 19.3 Å². The van der Waals surface area contributed by atoms with Gasteiger partial charge in [-0.25, -0.2) is 4.79 Å². The Morgan fingerprint density at radius 2 is 2.21 bits per heavy atom. The van der Waals surface area contributed by atoms with Crippen molar-refractivity contribution < 1.29 is 18.9 Å². The molecule has 2 amide bonds. The highest BCUT2D eigenvalue weighted by Crippen LogP contribution is 2.16. The van der Waals surface area contributed by atoms with Gasteiger partial charge in [0.1, 0.15) is 0 Å². The second kappa shape index (κ2) is 7.47. The summed E-state index contributed by atoms with van der Waals surface area (Å²) in [7, 11) is -0.884. The number of hydrogen-bond acceptors (Lipinski definition) is 3. The fourth-order valence-corrected chi connectivity index (χ4v) is 2.47. The topological polar surface area (TPSA) is 86.7 Å². The van der Waals surface area contributed by atoms with Gasteiger partial charge in [-0.1, -0.05) is 6.92 Å². The molecule has 0 aromatic heterocycles. The maximum atomic E-state index is 11.9. The second-order valence-electron chi connectivity index (χ2n) is 4.95. The largest absolute Gasteiger partial charge is 0.481 e. The molecule has 2 N–H and O–H groups in total. The highest BCUT2D eigenvalue weighted by molar-refractivity contribution is 7.84. The average Bonchev–Trinajstić information content (AvgIpc) is 2.38. The summed E-state index contributed by atoms with van der Waals surface area (Å²) in [5, 5.41) is 11.8. The average molecular weight is 290 g/mol. The molecular weight excluding hydrogens is 268 g/mol. The van der Waals surface area contributed by atoms with Crippen LogP contribution in [-0.2, 0) is 15.6 Å². The normalized spacial score (nSPS) is 22.6. The first kappa shape index (κ1) is 15.9. The van der Waals surface area contributed by atoms with Gasteiger partial charge in [-0.2, -0.15) is 0 Å². The number of aliphatic carboxylic acids is 1. The Morgan fingerprint density at radius 1 is 1.53 bits per heavy atom. The van der Waals surface area contributed by atoms with Gasteiger partial charge in [0, 0.05) is 41.9 Å². The zero-order valence-electron chi connectivity index (χ0n) is 11.4. The monoisotopic (exact) mass is 290 g/mol. The predicted molar refractivity (Wildman–Crippen MR) is 73.5 cm³/mol. The Hall–Kier alpha value is -1.11. The van der Waals surface area contributed by atoms with Crippen LogP contribution >= 0.6 is 0 Å². The number of carboxylic acids is 1.